The first-order chi connectivity index (χ1) is 9.43. The van der Waals surface area contributed by atoms with E-state index in [1.807, 2.05) is 0 Å². The van der Waals surface area contributed by atoms with Crippen LogP contribution >= 0.6 is 0 Å². The number of rotatable bonds is 6. The van der Waals surface area contributed by atoms with Crippen LogP contribution < -0.4 is 11.1 Å². The molecule has 0 spiro atoms. The summed E-state index contributed by atoms with van der Waals surface area (Å²) in [6, 6.07) is 4.02. The Kier molecular flexibility index (Phi) is 5.56. The summed E-state index contributed by atoms with van der Waals surface area (Å²) in [5.41, 5.74) is 6.18. The van der Waals surface area contributed by atoms with Crippen LogP contribution in [0.25, 0.3) is 0 Å². The van der Waals surface area contributed by atoms with Crippen molar-refractivity contribution in [2.24, 2.45) is 5.73 Å². The number of carboxylic acids is 1. The van der Waals surface area contributed by atoms with Crippen LogP contribution in [0.3, 0.4) is 0 Å². The first-order valence-corrected chi connectivity index (χ1v) is 5.94. The van der Waals surface area contributed by atoms with E-state index in [1.165, 1.54) is 12.1 Å². The van der Waals surface area contributed by atoms with Crippen molar-refractivity contribution in [3.63, 3.8) is 0 Å². The molecule has 0 aliphatic rings. The summed E-state index contributed by atoms with van der Waals surface area (Å²) in [6.45, 7) is 0. The zero-order valence-electron chi connectivity index (χ0n) is 10.7. The van der Waals surface area contributed by atoms with Gasteiger partial charge in [-0.1, -0.05) is 12.1 Å². The first kappa shape index (κ1) is 15.5. The summed E-state index contributed by atoms with van der Waals surface area (Å²) in [5.74, 6) is 0.560. The number of carbonyl (C=O) groups excluding carboxylic acids is 1. The number of aliphatic carboxylic acids is 1. The van der Waals surface area contributed by atoms with Crippen LogP contribution in [0, 0.1) is 12.3 Å². The molecule has 0 aliphatic heterocycles. The molecule has 106 valence electrons. The minimum atomic E-state index is -1.17. The molecule has 1 rings (SSSR count). The zero-order valence-corrected chi connectivity index (χ0v) is 10.7. The minimum absolute atomic E-state index is 0.0391. The molecule has 0 fully saturated rings. The maximum absolute atomic E-state index is 11.7. The van der Waals surface area contributed by atoms with Gasteiger partial charge in [0, 0.05) is 12.8 Å². The molecule has 0 saturated heterocycles. The highest BCUT2D eigenvalue weighted by Gasteiger charge is 2.23. The lowest BCUT2D eigenvalue weighted by molar-refractivity contribution is -0.141. The Hall–Kier alpha value is -2.52. The molecule has 1 unspecified atom stereocenters. The molecule has 6 nitrogen and oxygen atoms in total. The number of phenolic OH excluding ortho intramolecular Hbond substituents is 1. The summed E-state index contributed by atoms with van der Waals surface area (Å²) in [7, 11) is 0. The Labute approximate surface area is 116 Å². The fourth-order valence-electron chi connectivity index (χ4n) is 1.57. The van der Waals surface area contributed by atoms with Crippen LogP contribution in [-0.4, -0.2) is 34.2 Å². The molecule has 6 heteroatoms. The lowest BCUT2D eigenvalue weighted by atomic mass is 10.1. The molecule has 0 aliphatic carbocycles. The number of hydrogen-bond acceptors (Lipinski definition) is 4. The number of nitrogens with two attached hydrogens (primary N) is 1. The van der Waals surface area contributed by atoms with E-state index < -0.39 is 24.0 Å². The molecule has 0 aromatic heterocycles. The second-order valence-electron chi connectivity index (χ2n) is 4.28. The summed E-state index contributed by atoms with van der Waals surface area (Å²) in [5, 5.41) is 20.6. The lowest BCUT2D eigenvalue weighted by Gasteiger charge is -2.17. The molecule has 1 amide bonds. The number of carbonyl (C=O) groups is 2. The number of aromatic hydroxyl groups is 1. The number of nitrogens with one attached hydrogen (secondary N) is 1. The second kappa shape index (κ2) is 7.16. The average molecular weight is 276 g/mol. The van der Waals surface area contributed by atoms with Gasteiger partial charge in [0.1, 0.15) is 11.8 Å². The summed E-state index contributed by atoms with van der Waals surface area (Å²) in [6.07, 6.45) is 5.17. The molecule has 1 aromatic carbocycles. The Morgan fingerprint density at radius 2 is 1.95 bits per heavy atom. The molecule has 20 heavy (non-hydrogen) atoms. The van der Waals surface area contributed by atoms with E-state index in [0.717, 1.165) is 0 Å². The minimum Gasteiger partial charge on any atom is -0.508 e. The van der Waals surface area contributed by atoms with E-state index in [9.17, 15) is 9.59 Å². The summed E-state index contributed by atoms with van der Waals surface area (Å²) < 4.78 is 0. The monoisotopic (exact) mass is 276 g/mol. The van der Waals surface area contributed by atoms with Crippen LogP contribution in [0.4, 0.5) is 0 Å². The Balaban J connectivity index is 2.70. The SMILES string of the molecule is C#CCC(N)C(=O)N[C@H](Cc1ccc(O)cc1)C(=O)O. The third-order valence-electron chi connectivity index (χ3n) is 2.67. The molecular formula is C14H16N2O4. The van der Waals surface area contributed by atoms with Crippen LogP contribution in [0.5, 0.6) is 5.75 Å². The van der Waals surface area contributed by atoms with Gasteiger partial charge in [-0.25, -0.2) is 4.79 Å². The Morgan fingerprint density at radius 1 is 1.35 bits per heavy atom. The molecular weight excluding hydrogens is 260 g/mol. The smallest absolute Gasteiger partial charge is 0.326 e. The first-order valence-electron chi connectivity index (χ1n) is 5.94. The predicted octanol–water partition coefficient (Wildman–Crippen LogP) is -0.145. The molecule has 0 saturated carbocycles. The van der Waals surface area contributed by atoms with Gasteiger partial charge in [0.15, 0.2) is 0 Å². The molecule has 1 aromatic rings. The van der Waals surface area contributed by atoms with Crippen LogP contribution in [0.2, 0.25) is 0 Å². The maximum Gasteiger partial charge on any atom is 0.326 e. The third kappa shape index (κ3) is 4.63. The molecule has 0 bridgehead atoms. The van der Waals surface area contributed by atoms with Crippen LogP contribution in [-0.2, 0) is 16.0 Å². The van der Waals surface area contributed by atoms with Crippen molar-refractivity contribution in [2.45, 2.75) is 24.9 Å². The summed E-state index contributed by atoms with van der Waals surface area (Å²) in [4.78, 5) is 22.8. The van der Waals surface area contributed by atoms with E-state index in [1.54, 1.807) is 12.1 Å². The van der Waals surface area contributed by atoms with Gasteiger partial charge in [-0.15, -0.1) is 12.3 Å². The van der Waals surface area contributed by atoms with E-state index in [-0.39, 0.29) is 18.6 Å². The largest absolute Gasteiger partial charge is 0.508 e. The van der Waals surface area contributed by atoms with E-state index in [4.69, 9.17) is 22.4 Å². The molecule has 0 radical (unpaired) electrons. The third-order valence-corrected chi connectivity index (χ3v) is 2.67. The number of terminal acetylenes is 1. The van der Waals surface area contributed by atoms with Gasteiger partial charge in [-0.2, -0.15) is 0 Å². The Bertz CT molecular complexity index is 519. The summed E-state index contributed by atoms with van der Waals surface area (Å²) >= 11 is 0. The van der Waals surface area contributed by atoms with Crippen molar-refractivity contribution in [2.75, 3.05) is 0 Å². The molecule has 0 heterocycles. The van der Waals surface area contributed by atoms with Crippen LogP contribution in [0.1, 0.15) is 12.0 Å². The van der Waals surface area contributed by atoms with Crippen LogP contribution in [0.15, 0.2) is 24.3 Å². The quantitative estimate of drug-likeness (QED) is 0.540. The zero-order chi connectivity index (χ0) is 15.1. The van der Waals surface area contributed by atoms with E-state index in [2.05, 4.69) is 11.2 Å². The van der Waals surface area contributed by atoms with Gasteiger partial charge < -0.3 is 21.3 Å². The maximum atomic E-state index is 11.7. The predicted molar refractivity (Wildman–Crippen MR) is 72.8 cm³/mol. The van der Waals surface area contributed by atoms with E-state index >= 15 is 0 Å². The van der Waals surface area contributed by atoms with Crippen molar-refractivity contribution in [1.82, 2.24) is 5.32 Å². The van der Waals surface area contributed by atoms with Crippen molar-refractivity contribution in [1.29, 1.82) is 0 Å². The number of benzene rings is 1. The van der Waals surface area contributed by atoms with Gasteiger partial charge in [0.2, 0.25) is 5.91 Å². The van der Waals surface area contributed by atoms with Crippen molar-refractivity contribution in [3.05, 3.63) is 29.8 Å². The number of hydrogen-bond donors (Lipinski definition) is 4. The van der Waals surface area contributed by atoms with Gasteiger partial charge in [0.05, 0.1) is 6.04 Å². The van der Waals surface area contributed by atoms with Crippen molar-refractivity contribution < 1.29 is 19.8 Å². The Morgan fingerprint density at radius 3 is 2.45 bits per heavy atom. The average Bonchev–Trinajstić information content (AvgIpc) is 2.40. The number of phenols is 1. The normalized spacial score (nSPS) is 13.0. The van der Waals surface area contributed by atoms with Gasteiger partial charge in [-0.3, -0.25) is 4.79 Å². The number of carboxylic acid groups (broad SMARTS) is 1. The topological polar surface area (TPSA) is 113 Å². The standard InChI is InChI=1S/C14H16N2O4/c1-2-3-11(15)13(18)16-12(14(19)20)8-9-4-6-10(17)7-5-9/h1,4-7,11-12,17H,3,8,15H2,(H,16,18)(H,19,20)/t11?,12-/m1/s1. The lowest BCUT2D eigenvalue weighted by Crippen LogP contribution is -2.49. The second-order valence-corrected chi connectivity index (χ2v) is 4.28. The van der Waals surface area contributed by atoms with Crippen molar-refractivity contribution >= 4 is 11.9 Å². The molecule has 2 atom stereocenters. The highest BCUT2D eigenvalue weighted by atomic mass is 16.4. The highest BCUT2D eigenvalue weighted by molar-refractivity contribution is 5.87. The van der Waals surface area contributed by atoms with E-state index in [0.29, 0.717) is 5.56 Å². The number of amides is 1. The fraction of sp³-hybridized carbons (Fsp3) is 0.286. The molecule has 5 N–H and O–H groups in total. The van der Waals surface area contributed by atoms with Crippen molar-refractivity contribution in [3.8, 4) is 18.1 Å². The highest BCUT2D eigenvalue weighted by Crippen LogP contribution is 2.11. The van der Waals surface area contributed by atoms with Gasteiger partial charge in [-0.05, 0) is 17.7 Å². The fourth-order valence-corrected chi connectivity index (χ4v) is 1.57. The van der Waals surface area contributed by atoms with Gasteiger partial charge >= 0.3 is 5.97 Å². The van der Waals surface area contributed by atoms with Gasteiger partial charge in [0.25, 0.3) is 0 Å².